The fourth-order valence-corrected chi connectivity index (χ4v) is 5.30. The molecule has 1 heterocycles. The van der Waals surface area contributed by atoms with Crippen molar-refractivity contribution in [2.24, 2.45) is 0 Å². The molecule has 1 amide bonds. The van der Waals surface area contributed by atoms with E-state index in [1.54, 1.807) is 0 Å². The number of nitrogens with one attached hydrogen (secondary N) is 1. The van der Waals surface area contributed by atoms with Crippen LogP contribution < -0.4 is 10.1 Å². The third-order valence-corrected chi connectivity index (χ3v) is 7.10. The maximum atomic E-state index is 13.3. The molecule has 0 bridgehead atoms. The Kier molecular flexibility index (Phi) is 7.52. The Morgan fingerprint density at radius 3 is 2.29 bits per heavy atom. The number of rotatable bonds is 7. The third-order valence-electron chi connectivity index (χ3n) is 6.77. The molecule has 1 aliphatic carbocycles. The minimum absolute atomic E-state index is 0.0351. The molecule has 2 aliphatic rings. The molecule has 0 spiro atoms. The van der Waals surface area contributed by atoms with E-state index in [1.807, 2.05) is 48.5 Å². The number of anilines is 1. The summed E-state index contributed by atoms with van der Waals surface area (Å²) in [6.07, 6.45) is 9.05. The number of halogens is 1. The Morgan fingerprint density at radius 2 is 1.61 bits per heavy atom. The summed E-state index contributed by atoms with van der Waals surface area (Å²) in [5, 5.41) is 3.80. The molecule has 2 fully saturated rings. The molecule has 1 saturated carbocycles. The lowest BCUT2D eigenvalue weighted by atomic mass is 9.78. The van der Waals surface area contributed by atoms with Gasteiger partial charge in [0.2, 0.25) is 5.91 Å². The highest BCUT2D eigenvalue weighted by Gasteiger charge is 2.43. The van der Waals surface area contributed by atoms with E-state index in [0.717, 1.165) is 49.2 Å². The highest BCUT2D eigenvalue weighted by Crippen LogP contribution is 2.44. The lowest BCUT2D eigenvalue weighted by molar-refractivity contribution is -0.121. The van der Waals surface area contributed by atoms with Gasteiger partial charge in [-0.3, -0.25) is 9.69 Å². The molecular weight excluding hydrogens is 408 g/mol. The Labute approximate surface area is 190 Å². The lowest BCUT2D eigenvalue weighted by Crippen LogP contribution is -2.38. The summed E-state index contributed by atoms with van der Waals surface area (Å²) in [5.74, 6) is 0.877. The summed E-state index contributed by atoms with van der Waals surface area (Å²) in [6, 6.07) is 15.5. The van der Waals surface area contributed by atoms with E-state index in [2.05, 4.69) is 10.2 Å². The van der Waals surface area contributed by atoms with Gasteiger partial charge in [0, 0.05) is 17.3 Å². The zero-order chi connectivity index (χ0) is 21.5. The molecule has 4 nitrogen and oxygen atoms in total. The van der Waals surface area contributed by atoms with Crippen LogP contribution in [-0.4, -0.2) is 37.0 Å². The number of carbonyl (C=O) groups excluding carboxylic acids is 1. The first kappa shape index (κ1) is 22.2. The van der Waals surface area contributed by atoms with Gasteiger partial charge in [0.25, 0.3) is 0 Å². The molecule has 2 aromatic carbocycles. The molecule has 0 radical (unpaired) electrons. The normalized spacial score (nSPS) is 19.0. The maximum Gasteiger partial charge on any atom is 0.235 e. The van der Waals surface area contributed by atoms with E-state index in [4.69, 9.17) is 16.3 Å². The summed E-state index contributed by atoms with van der Waals surface area (Å²) >= 11 is 6.48. The molecule has 2 aromatic rings. The van der Waals surface area contributed by atoms with Crippen molar-refractivity contribution >= 4 is 23.2 Å². The molecule has 0 unspecified atom stereocenters. The molecule has 5 heteroatoms. The van der Waals surface area contributed by atoms with E-state index in [1.165, 1.54) is 38.8 Å². The van der Waals surface area contributed by atoms with Crippen LogP contribution in [0.5, 0.6) is 5.75 Å². The van der Waals surface area contributed by atoms with Gasteiger partial charge in [-0.25, -0.2) is 0 Å². The topological polar surface area (TPSA) is 41.6 Å². The van der Waals surface area contributed by atoms with Crippen LogP contribution in [0.25, 0.3) is 0 Å². The number of amides is 1. The quantitative estimate of drug-likeness (QED) is 0.570. The molecule has 166 valence electrons. The van der Waals surface area contributed by atoms with Gasteiger partial charge in [-0.1, -0.05) is 55.5 Å². The lowest BCUT2D eigenvalue weighted by Gasteiger charge is -2.29. The van der Waals surface area contributed by atoms with Gasteiger partial charge in [-0.15, -0.1) is 0 Å². The van der Waals surface area contributed by atoms with Crippen LogP contribution in [0.1, 0.15) is 56.9 Å². The van der Waals surface area contributed by atoms with Crippen molar-refractivity contribution in [2.75, 3.05) is 31.6 Å². The number of carbonyl (C=O) groups is 1. The monoisotopic (exact) mass is 440 g/mol. The van der Waals surface area contributed by atoms with Crippen LogP contribution in [0.4, 0.5) is 5.69 Å². The zero-order valence-corrected chi connectivity index (χ0v) is 19.0. The van der Waals surface area contributed by atoms with Crippen molar-refractivity contribution in [1.29, 1.82) is 0 Å². The SMILES string of the molecule is O=C(Nc1ccc(OCCN2CCCCCC2)cc1)C1(c2ccccc2Cl)CCCC1. The second-order valence-electron chi connectivity index (χ2n) is 8.85. The first-order chi connectivity index (χ1) is 15.2. The van der Waals surface area contributed by atoms with Crippen molar-refractivity contribution in [3.63, 3.8) is 0 Å². The number of ether oxygens (including phenoxy) is 1. The van der Waals surface area contributed by atoms with Crippen LogP contribution in [-0.2, 0) is 10.2 Å². The van der Waals surface area contributed by atoms with Gasteiger partial charge < -0.3 is 10.1 Å². The Morgan fingerprint density at radius 1 is 0.935 bits per heavy atom. The highest BCUT2D eigenvalue weighted by atomic mass is 35.5. The maximum absolute atomic E-state index is 13.3. The van der Waals surface area contributed by atoms with Gasteiger partial charge in [0.05, 0.1) is 5.41 Å². The van der Waals surface area contributed by atoms with Crippen LogP contribution >= 0.6 is 11.6 Å². The summed E-state index contributed by atoms with van der Waals surface area (Å²) in [4.78, 5) is 15.8. The van der Waals surface area contributed by atoms with Crippen molar-refractivity contribution in [3.05, 3.63) is 59.1 Å². The standard InChI is InChI=1S/C26H33ClN2O2/c27-24-10-4-3-9-23(24)26(15-5-6-16-26)25(30)28-21-11-13-22(14-12-21)31-20-19-29-17-7-1-2-8-18-29/h3-4,9-14H,1-2,5-8,15-20H2,(H,28,30). The summed E-state index contributed by atoms with van der Waals surface area (Å²) in [6.45, 7) is 4.03. The number of hydrogen-bond acceptors (Lipinski definition) is 3. The van der Waals surface area contributed by atoms with E-state index in [9.17, 15) is 4.79 Å². The Hall–Kier alpha value is -2.04. The zero-order valence-electron chi connectivity index (χ0n) is 18.2. The van der Waals surface area contributed by atoms with Gasteiger partial charge in [0.1, 0.15) is 12.4 Å². The first-order valence-corrected chi connectivity index (χ1v) is 12.1. The number of hydrogen-bond donors (Lipinski definition) is 1. The van der Waals surface area contributed by atoms with Crippen molar-refractivity contribution in [1.82, 2.24) is 4.90 Å². The smallest absolute Gasteiger partial charge is 0.235 e. The minimum Gasteiger partial charge on any atom is -0.492 e. The van der Waals surface area contributed by atoms with Gasteiger partial charge in [-0.2, -0.15) is 0 Å². The van der Waals surface area contributed by atoms with Crippen molar-refractivity contribution in [3.8, 4) is 5.75 Å². The number of likely N-dealkylation sites (tertiary alicyclic amines) is 1. The predicted octanol–water partition coefficient (Wildman–Crippen LogP) is 6.05. The fraction of sp³-hybridized carbons (Fsp3) is 0.500. The molecule has 0 aromatic heterocycles. The van der Waals surface area contributed by atoms with Crippen LogP contribution in [0, 0.1) is 0 Å². The van der Waals surface area contributed by atoms with E-state index < -0.39 is 5.41 Å². The van der Waals surface area contributed by atoms with E-state index in [-0.39, 0.29) is 5.91 Å². The number of benzene rings is 2. The second-order valence-corrected chi connectivity index (χ2v) is 9.26. The average molecular weight is 441 g/mol. The van der Waals surface area contributed by atoms with E-state index >= 15 is 0 Å². The summed E-state index contributed by atoms with van der Waals surface area (Å²) < 4.78 is 5.94. The molecule has 31 heavy (non-hydrogen) atoms. The van der Waals surface area contributed by atoms with Crippen molar-refractivity contribution in [2.45, 2.75) is 56.8 Å². The molecule has 1 aliphatic heterocycles. The van der Waals surface area contributed by atoms with Crippen LogP contribution in [0.15, 0.2) is 48.5 Å². The third kappa shape index (κ3) is 5.42. The fourth-order valence-electron chi connectivity index (χ4n) is 4.98. The molecule has 1 N–H and O–H groups in total. The van der Waals surface area contributed by atoms with Gasteiger partial charge in [-0.05, 0) is 74.7 Å². The van der Waals surface area contributed by atoms with Crippen LogP contribution in [0.2, 0.25) is 5.02 Å². The molecule has 0 atom stereocenters. The summed E-state index contributed by atoms with van der Waals surface area (Å²) in [7, 11) is 0. The second kappa shape index (κ2) is 10.5. The Bertz CT molecular complexity index is 854. The minimum atomic E-state index is -0.541. The molecule has 1 saturated heterocycles. The highest BCUT2D eigenvalue weighted by molar-refractivity contribution is 6.31. The predicted molar refractivity (Wildman–Crippen MR) is 127 cm³/mol. The van der Waals surface area contributed by atoms with E-state index in [0.29, 0.717) is 11.6 Å². The summed E-state index contributed by atoms with van der Waals surface area (Å²) in [5.41, 5.74) is 1.20. The number of nitrogens with zero attached hydrogens (tertiary/aromatic N) is 1. The van der Waals surface area contributed by atoms with Gasteiger partial charge >= 0.3 is 0 Å². The molecule has 4 rings (SSSR count). The molecular formula is C26H33ClN2O2. The van der Waals surface area contributed by atoms with Crippen molar-refractivity contribution < 1.29 is 9.53 Å². The average Bonchev–Trinajstić information content (AvgIpc) is 3.14. The van der Waals surface area contributed by atoms with Gasteiger partial charge in [0.15, 0.2) is 0 Å². The Balaban J connectivity index is 1.34. The largest absolute Gasteiger partial charge is 0.492 e. The van der Waals surface area contributed by atoms with Crippen LogP contribution in [0.3, 0.4) is 0 Å². The first-order valence-electron chi connectivity index (χ1n) is 11.7.